The van der Waals surface area contributed by atoms with E-state index >= 15 is 0 Å². The summed E-state index contributed by atoms with van der Waals surface area (Å²) in [5, 5.41) is 12.3. The highest BCUT2D eigenvalue weighted by Gasteiger charge is 2.24. The Hall–Kier alpha value is -3.31. The molecule has 0 N–H and O–H groups in total. The Morgan fingerprint density at radius 1 is 1.42 bits per heavy atom. The number of carbonyl (C=O) groups excluding carboxylic acids is 1. The highest BCUT2D eigenvalue weighted by atomic mass is 32.1. The average Bonchev–Trinajstić information content (AvgIpc) is 3.22. The molecule has 3 heterocycles. The summed E-state index contributed by atoms with van der Waals surface area (Å²) in [5.74, 6) is -1.42. The first kappa shape index (κ1) is 16.2. The van der Waals surface area contributed by atoms with Crippen molar-refractivity contribution in [3.8, 4) is 6.07 Å². The van der Waals surface area contributed by atoms with E-state index in [1.807, 2.05) is 18.2 Å². The number of carbonyl (C=O) groups is 1. The van der Waals surface area contributed by atoms with Crippen molar-refractivity contribution in [1.29, 1.82) is 5.26 Å². The van der Waals surface area contributed by atoms with Gasteiger partial charge in [-0.1, -0.05) is 12.1 Å². The number of nitriles is 1. The molecular weight excluding hydrogens is 352 g/mol. The lowest BCUT2D eigenvalue weighted by atomic mass is 10.1. The highest BCUT2D eigenvalue weighted by molar-refractivity contribution is 7.09. The Morgan fingerprint density at radius 3 is 2.96 bits per heavy atom. The number of fused-ring (bicyclic) bond motifs is 3. The summed E-state index contributed by atoms with van der Waals surface area (Å²) >= 11 is 1.25. The van der Waals surface area contributed by atoms with Gasteiger partial charge in [-0.15, -0.1) is 11.3 Å². The second kappa shape index (κ2) is 6.20. The van der Waals surface area contributed by atoms with Crippen LogP contribution in [0.25, 0.3) is 22.1 Å². The average molecular weight is 364 g/mol. The van der Waals surface area contributed by atoms with Crippen LogP contribution in [0.4, 0.5) is 0 Å². The zero-order chi connectivity index (χ0) is 18.3. The van der Waals surface area contributed by atoms with Crippen LogP contribution >= 0.6 is 11.3 Å². The molecular formula is C18H12N4O3S. The van der Waals surface area contributed by atoms with Crippen molar-refractivity contribution < 1.29 is 9.21 Å². The lowest BCUT2D eigenvalue weighted by molar-refractivity contribution is -0.120. The molecule has 0 spiro atoms. The number of ketones is 1. The number of aryl methyl sites for hydroxylation is 1. The maximum Gasteiger partial charge on any atom is 0.297 e. The van der Waals surface area contributed by atoms with Crippen molar-refractivity contribution in [2.75, 3.05) is 0 Å². The second-order valence-corrected chi connectivity index (χ2v) is 6.70. The fourth-order valence-corrected chi connectivity index (χ4v) is 3.62. The molecule has 1 atom stereocenters. The largest absolute Gasteiger partial charge is 0.448 e. The molecule has 0 aliphatic rings. The minimum Gasteiger partial charge on any atom is -0.448 e. The van der Waals surface area contributed by atoms with Gasteiger partial charge in [0.2, 0.25) is 5.58 Å². The lowest BCUT2D eigenvalue weighted by Gasteiger charge is -2.07. The Balaban J connectivity index is 1.72. The highest BCUT2D eigenvalue weighted by Crippen LogP contribution is 2.24. The molecule has 26 heavy (non-hydrogen) atoms. The monoisotopic (exact) mass is 364 g/mol. The van der Waals surface area contributed by atoms with Crippen LogP contribution in [0.5, 0.6) is 0 Å². The van der Waals surface area contributed by atoms with E-state index in [1.54, 1.807) is 24.4 Å². The van der Waals surface area contributed by atoms with Gasteiger partial charge >= 0.3 is 0 Å². The van der Waals surface area contributed by atoms with Crippen LogP contribution < -0.4 is 5.56 Å². The van der Waals surface area contributed by atoms with E-state index in [2.05, 4.69) is 9.97 Å². The molecule has 0 fully saturated rings. The van der Waals surface area contributed by atoms with Crippen LogP contribution in [-0.4, -0.2) is 20.3 Å². The Kier molecular flexibility index (Phi) is 3.86. The molecule has 1 unspecified atom stereocenters. The summed E-state index contributed by atoms with van der Waals surface area (Å²) in [5.41, 5.74) is 1.42. The fourth-order valence-electron chi connectivity index (χ4n) is 2.76. The van der Waals surface area contributed by atoms with Crippen LogP contribution in [0.3, 0.4) is 0 Å². The van der Waals surface area contributed by atoms with Crippen LogP contribution in [0.1, 0.15) is 16.6 Å². The summed E-state index contributed by atoms with van der Waals surface area (Å²) in [6.07, 6.45) is 1.31. The van der Waals surface area contributed by atoms with Gasteiger partial charge in [-0.05, 0) is 19.1 Å². The fraction of sp³-hybridized carbons (Fsp3) is 0.167. The molecule has 4 aromatic rings. The summed E-state index contributed by atoms with van der Waals surface area (Å²) in [6.45, 7) is 1.53. The van der Waals surface area contributed by atoms with Gasteiger partial charge in [-0.2, -0.15) is 5.26 Å². The number of hydrogen-bond donors (Lipinski definition) is 0. The van der Waals surface area contributed by atoms with Gasteiger partial charge in [-0.25, -0.2) is 9.97 Å². The molecule has 0 amide bonds. The Labute approximate surface area is 151 Å². The third kappa shape index (κ3) is 2.59. The van der Waals surface area contributed by atoms with E-state index in [0.29, 0.717) is 16.1 Å². The van der Waals surface area contributed by atoms with E-state index in [4.69, 9.17) is 4.42 Å². The van der Waals surface area contributed by atoms with Crippen LogP contribution in [0.2, 0.25) is 0 Å². The van der Waals surface area contributed by atoms with E-state index in [1.165, 1.54) is 17.7 Å². The Morgan fingerprint density at radius 2 is 2.23 bits per heavy atom. The number of Topliss-reactive ketones (excluding diaryl/α,β-unsaturated/α-hetero) is 1. The molecule has 0 aliphatic heterocycles. The van der Waals surface area contributed by atoms with Crippen LogP contribution in [-0.2, 0) is 11.3 Å². The SMILES string of the molecule is Cc1csc(C(C#N)C(=O)Cn2cnc3c(oc4ccccc43)c2=O)n1. The van der Waals surface area contributed by atoms with Crippen molar-refractivity contribution in [2.24, 2.45) is 0 Å². The molecule has 128 valence electrons. The molecule has 8 heteroatoms. The number of aromatic nitrogens is 3. The van der Waals surface area contributed by atoms with Gasteiger partial charge in [0.05, 0.1) is 18.9 Å². The van der Waals surface area contributed by atoms with Gasteiger partial charge in [0.15, 0.2) is 11.7 Å². The number of hydrogen-bond acceptors (Lipinski definition) is 7. The van der Waals surface area contributed by atoms with Gasteiger partial charge < -0.3 is 4.42 Å². The van der Waals surface area contributed by atoms with Gasteiger partial charge in [0, 0.05) is 16.5 Å². The van der Waals surface area contributed by atoms with Gasteiger partial charge in [0.25, 0.3) is 5.56 Å². The van der Waals surface area contributed by atoms with Crippen molar-refractivity contribution in [1.82, 2.24) is 14.5 Å². The lowest BCUT2D eigenvalue weighted by Crippen LogP contribution is -2.26. The first-order valence-electron chi connectivity index (χ1n) is 7.79. The predicted octanol–water partition coefficient (Wildman–Crippen LogP) is 2.78. The number of furan rings is 1. The van der Waals surface area contributed by atoms with Crippen molar-refractivity contribution >= 4 is 39.2 Å². The van der Waals surface area contributed by atoms with Gasteiger partial charge in [-0.3, -0.25) is 14.2 Å². The van der Waals surface area contributed by atoms with Crippen molar-refractivity contribution in [2.45, 2.75) is 19.4 Å². The molecule has 0 bridgehead atoms. The predicted molar refractivity (Wildman–Crippen MR) is 96.0 cm³/mol. The summed E-state index contributed by atoms with van der Waals surface area (Å²) in [6, 6.07) is 9.18. The molecule has 1 aromatic carbocycles. The standard InChI is InChI=1S/C18H12N4O3S/c1-10-8-26-17(21-10)12(6-19)13(23)7-22-9-20-15-11-4-2-3-5-14(11)25-16(15)18(22)24/h2-5,8-9,12H,7H2,1H3. The third-order valence-corrected chi connectivity index (χ3v) is 5.04. The van der Waals surface area contributed by atoms with Crippen molar-refractivity contribution in [3.05, 3.63) is 57.0 Å². The number of para-hydroxylation sites is 1. The van der Waals surface area contributed by atoms with E-state index in [0.717, 1.165) is 15.6 Å². The second-order valence-electron chi connectivity index (χ2n) is 5.81. The first-order chi connectivity index (χ1) is 12.6. The van der Waals surface area contributed by atoms with Crippen molar-refractivity contribution in [3.63, 3.8) is 0 Å². The number of nitrogens with zero attached hydrogens (tertiary/aromatic N) is 4. The molecule has 4 rings (SSSR count). The zero-order valence-electron chi connectivity index (χ0n) is 13.7. The Bertz CT molecular complexity index is 1240. The number of benzene rings is 1. The molecule has 7 nitrogen and oxygen atoms in total. The smallest absolute Gasteiger partial charge is 0.297 e. The maximum atomic E-state index is 12.7. The summed E-state index contributed by atoms with van der Waals surface area (Å²) in [7, 11) is 0. The minimum atomic E-state index is -1.01. The number of thiazole rings is 1. The molecule has 0 aliphatic carbocycles. The maximum absolute atomic E-state index is 12.7. The zero-order valence-corrected chi connectivity index (χ0v) is 14.5. The molecule has 0 saturated heterocycles. The van der Waals surface area contributed by atoms with E-state index in [-0.39, 0.29) is 12.1 Å². The van der Waals surface area contributed by atoms with E-state index in [9.17, 15) is 14.9 Å². The third-order valence-electron chi connectivity index (χ3n) is 4.01. The molecule has 3 aromatic heterocycles. The summed E-state index contributed by atoms with van der Waals surface area (Å²) in [4.78, 5) is 33.7. The van der Waals surface area contributed by atoms with Crippen LogP contribution in [0, 0.1) is 18.3 Å². The normalized spacial score (nSPS) is 12.3. The topological polar surface area (TPSA) is 102 Å². The minimum absolute atomic E-state index is 0.0973. The quantitative estimate of drug-likeness (QED) is 0.552. The summed E-state index contributed by atoms with van der Waals surface area (Å²) < 4.78 is 6.76. The van der Waals surface area contributed by atoms with Crippen LogP contribution in [0.15, 0.2) is 45.2 Å². The number of rotatable bonds is 4. The molecule has 0 saturated carbocycles. The first-order valence-corrected chi connectivity index (χ1v) is 8.67. The van der Waals surface area contributed by atoms with Gasteiger partial charge in [0.1, 0.15) is 16.1 Å². The van der Waals surface area contributed by atoms with E-state index < -0.39 is 17.3 Å². The molecule has 0 radical (unpaired) electrons.